The molecule has 1 saturated heterocycles. The van der Waals surface area contributed by atoms with E-state index in [1.807, 2.05) is 30.3 Å². The van der Waals surface area contributed by atoms with Crippen molar-refractivity contribution in [1.82, 2.24) is 10.2 Å². The fourth-order valence-corrected chi connectivity index (χ4v) is 3.20. The maximum atomic E-state index is 12.9. The first kappa shape index (κ1) is 17.7. The Labute approximate surface area is 152 Å². The van der Waals surface area contributed by atoms with Crippen LogP contribution in [0, 0.1) is 0 Å². The minimum absolute atomic E-state index is 0.284. The van der Waals surface area contributed by atoms with Gasteiger partial charge in [0.25, 0.3) is 11.8 Å². The summed E-state index contributed by atoms with van der Waals surface area (Å²) >= 11 is 0. The Morgan fingerprint density at radius 3 is 2.35 bits per heavy atom. The molecule has 1 aliphatic heterocycles. The lowest BCUT2D eigenvalue weighted by molar-refractivity contribution is -0.121. The molecule has 0 bridgehead atoms. The van der Waals surface area contributed by atoms with E-state index in [0.717, 1.165) is 12.0 Å². The number of amides is 3. The molecule has 0 radical (unpaired) electrons. The van der Waals surface area contributed by atoms with Gasteiger partial charge in [-0.15, -0.1) is 0 Å². The van der Waals surface area contributed by atoms with Gasteiger partial charge in [-0.05, 0) is 30.5 Å². The highest BCUT2D eigenvalue weighted by molar-refractivity contribution is 6.08. The number of carbonyl (C=O) groups excluding carboxylic acids is 3. The van der Waals surface area contributed by atoms with E-state index in [9.17, 15) is 14.4 Å². The average Bonchev–Trinajstić information content (AvgIpc) is 3.16. The fourth-order valence-electron chi connectivity index (χ4n) is 3.20. The smallest absolute Gasteiger partial charge is 0.255 e. The van der Waals surface area contributed by atoms with E-state index in [-0.39, 0.29) is 17.4 Å². The Kier molecular flexibility index (Phi) is 5.31. The third-order valence-electron chi connectivity index (χ3n) is 4.54. The van der Waals surface area contributed by atoms with Gasteiger partial charge in [-0.2, -0.15) is 0 Å². The van der Waals surface area contributed by atoms with Gasteiger partial charge in [-0.25, -0.2) is 0 Å². The van der Waals surface area contributed by atoms with Crippen LogP contribution in [-0.4, -0.2) is 35.2 Å². The third-order valence-corrected chi connectivity index (χ3v) is 4.54. The van der Waals surface area contributed by atoms with Crippen molar-refractivity contribution in [3.05, 3.63) is 71.3 Å². The molecular weight excluding hydrogens is 330 g/mol. The number of hydrogen-bond donors (Lipinski definition) is 2. The molecule has 0 aromatic heterocycles. The molecule has 1 atom stereocenters. The summed E-state index contributed by atoms with van der Waals surface area (Å²) in [5, 5.41) is 2.83. The average molecular weight is 351 g/mol. The molecule has 6 heteroatoms. The van der Waals surface area contributed by atoms with E-state index in [2.05, 4.69) is 5.32 Å². The molecule has 0 spiro atoms. The SMILES string of the molecule is NC(=O)[C@@H]1CCCN1C(=O)c1ccccc1C(=O)NCc1ccccc1. The molecule has 1 fully saturated rings. The van der Waals surface area contributed by atoms with Crippen LogP contribution in [0.4, 0.5) is 0 Å². The molecule has 26 heavy (non-hydrogen) atoms. The van der Waals surface area contributed by atoms with Crippen molar-refractivity contribution < 1.29 is 14.4 Å². The van der Waals surface area contributed by atoms with Gasteiger partial charge in [-0.3, -0.25) is 14.4 Å². The van der Waals surface area contributed by atoms with Crippen LogP contribution in [0.25, 0.3) is 0 Å². The molecule has 2 aromatic rings. The zero-order valence-electron chi connectivity index (χ0n) is 14.4. The van der Waals surface area contributed by atoms with Crippen LogP contribution >= 0.6 is 0 Å². The number of benzene rings is 2. The highest BCUT2D eigenvalue weighted by Crippen LogP contribution is 2.21. The normalized spacial score (nSPS) is 16.3. The topological polar surface area (TPSA) is 92.5 Å². The summed E-state index contributed by atoms with van der Waals surface area (Å²) in [6, 6.07) is 15.6. The van der Waals surface area contributed by atoms with Crippen molar-refractivity contribution in [1.29, 1.82) is 0 Å². The van der Waals surface area contributed by atoms with Crippen molar-refractivity contribution in [3.8, 4) is 0 Å². The number of nitrogens with one attached hydrogen (secondary N) is 1. The van der Waals surface area contributed by atoms with E-state index < -0.39 is 11.9 Å². The molecule has 1 aliphatic rings. The number of rotatable bonds is 5. The second kappa shape index (κ2) is 7.82. The molecule has 3 amide bonds. The first-order valence-corrected chi connectivity index (χ1v) is 8.59. The van der Waals surface area contributed by atoms with E-state index in [1.165, 1.54) is 4.90 Å². The van der Waals surface area contributed by atoms with Crippen molar-refractivity contribution >= 4 is 17.7 Å². The summed E-state index contributed by atoms with van der Waals surface area (Å²) < 4.78 is 0. The Morgan fingerprint density at radius 2 is 1.65 bits per heavy atom. The molecule has 3 N–H and O–H groups in total. The van der Waals surface area contributed by atoms with Crippen molar-refractivity contribution in [2.24, 2.45) is 5.73 Å². The van der Waals surface area contributed by atoms with Crippen LogP contribution in [0.2, 0.25) is 0 Å². The zero-order chi connectivity index (χ0) is 18.5. The Hall–Kier alpha value is -3.15. The first-order chi connectivity index (χ1) is 12.6. The molecule has 2 aromatic carbocycles. The second-order valence-corrected chi connectivity index (χ2v) is 6.27. The van der Waals surface area contributed by atoms with Gasteiger partial charge in [0, 0.05) is 13.1 Å². The van der Waals surface area contributed by atoms with Crippen LogP contribution in [0.1, 0.15) is 39.1 Å². The molecule has 6 nitrogen and oxygen atoms in total. The summed E-state index contributed by atoms with van der Waals surface area (Å²) in [6.45, 7) is 0.836. The van der Waals surface area contributed by atoms with Crippen molar-refractivity contribution in [2.45, 2.75) is 25.4 Å². The molecule has 3 rings (SSSR count). The van der Waals surface area contributed by atoms with E-state index in [0.29, 0.717) is 25.1 Å². The highest BCUT2D eigenvalue weighted by atomic mass is 16.2. The monoisotopic (exact) mass is 351 g/mol. The number of likely N-dealkylation sites (tertiary alicyclic amines) is 1. The lowest BCUT2D eigenvalue weighted by atomic mass is 10.0. The summed E-state index contributed by atoms with van der Waals surface area (Å²) in [6.07, 6.45) is 1.28. The number of carbonyl (C=O) groups is 3. The summed E-state index contributed by atoms with van der Waals surface area (Å²) in [7, 11) is 0. The molecule has 134 valence electrons. The molecule has 0 aliphatic carbocycles. The second-order valence-electron chi connectivity index (χ2n) is 6.27. The summed E-state index contributed by atoms with van der Waals surface area (Å²) in [5.74, 6) is -1.17. The van der Waals surface area contributed by atoms with Gasteiger partial charge in [0.2, 0.25) is 5.91 Å². The lowest BCUT2D eigenvalue weighted by Gasteiger charge is -2.23. The third kappa shape index (κ3) is 3.74. The predicted octanol–water partition coefficient (Wildman–Crippen LogP) is 1.71. The minimum atomic E-state index is -0.608. The number of nitrogens with two attached hydrogens (primary N) is 1. The zero-order valence-corrected chi connectivity index (χ0v) is 14.4. The largest absolute Gasteiger partial charge is 0.368 e. The van der Waals surface area contributed by atoms with Gasteiger partial charge in [0.15, 0.2) is 0 Å². The minimum Gasteiger partial charge on any atom is -0.368 e. The fraction of sp³-hybridized carbons (Fsp3) is 0.250. The van der Waals surface area contributed by atoms with Gasteiger partial charge in [-0.1, -0.05) is 42.5 Å². The quantitative estimate of drug-likeness (QED) is 0.859. The standard InChI is InChI=1S/C20H21N3O3/c21-18(24)17-11-6-12-23(17)20(26)16-10-5-4-9-15(16)19(25)22-13-14-7-2-1-3-8-14/h1-5,7-10,17H,6,11-13H2,(H2,21,24)(H,22,25)/t17-/m0/s1. The maximum absolute atomic E-state index is 12.9. The highest BCUT2D eigenvalue weighted by Gasteiger charge is 2.34. The van der Waals surface area contributed by atoms with Gasteiger partial charge in [0.1, 0.15) is 6.04 Å². The number of hydrogen-bond acceptors (Lipinski definition) is 3. The Bertz CT molecular complexity index is 820. The van der Waals surface area contributed by atoms with Crippen molar-refractivity contribution in [3.63, 3.8) is 0 Å². The van der Waals surface area contributed by atoms with E-state index >= 15 is 0 Å². The number of nitrogens with zero attached hydrogens (tertiary/aromatic N) is 1. The summed E-state index contributed by atoms with van der Waals surface area (Å²) in [5.41, 5.74) is 6.95. The molecule has 1 heterocycles. The maximum Gasteiger partial charge on any atom is 0.255 e. The van der Waals surface area contributed by atoms with Crippen LogP contribution in [0.15, 0.2) is 54.6 Å². The van der Waals surface area contributed by atoms with Crippen LogP contribution in [0.3, 0.4) is 0 Å². The van der Waals surface area contributed by atoms with Crippen molar-refractivity contribution in [2.75, 3.05) is 6.54 Å². The van der Waals surface area contributed by atoms with Gasteiger partial charge < -0.3 is 16.0 Å². The Balaban J connectivity index is 1.78. The van der Waals surface area contributed by atoms with Crippen LogP contribution in [-0.2, 0) is 11.3 Å². The molecular formula is C20H21N3O3. The van der Waals surface area contributed by atoms with Gasteiger partial charge >= 0.3 is 0 Å². The van der Waals surface area contributed by atoms with E-state index in [1.54, 1.807) is 24.3 Å². The van der Waals surface area contributed by atoms with Crippen LogP contribution < -0.4 is 11.1 Å². The first-order valence-electron chi connectivity index (χ1n) is 8.59. The van der Waals surface area contributed by atoms with E-state index in [4.69, 9.17) is 5.73 Å². The Morgan fingerprint density at radius 1 is 1.00 bits per heavy atom. The van der Waals surface area contributed by atoms with Crippen LogP contribution in [0.5, 0.6) is 0 Å². The molecule has 0 saturated carbocycles. The summed E-state index contributed by atoms with van der Waals surface area (Å²) in [4.78, 5) is 38.5. The van der Waals surface area contributed by atoms with Gasteiger partial charge in [0.05, 0.1) is 11.1 Å². The number of primary amides is 1. The molecule has 0 unspecified atom stereocenters. The predicted molar refractivity (Wildman–Crippen MR) is 97.3 cm³/mol. The lowest BCUT2D eigenvalue weighted by Crippen LogP contribution is -2.44.